The number of hydrogen-bond acceptors (Lipinski definition) is 4. The minimum absolute atomic E-state index is 0.0596. The number of anilines is 1. The third-order valence-electron chi connectivity index (χ3n) is 2.23. The summed E-state index contributed by atoms with van der Waals surface area (Å²) < 4.78 is 34.1. The van der Waals surface area contributed by atoms with E-state index in [9.17, 15) is 18.1 Å². The monoisotopic (exact) mass is 352 g/mol. The molecule has 16 heavy (non-hydrogen) atoms. The highest BCUT2D eigenvalue weighted by Gasteiger charge is 2.22. The molecule has 1 aliphatic heterocycles. The third kappa shape index (κ3) is 1.89. The van der Waals surface area contributed by atoms with Crippen molar-refractivity contribution in [3.8, 4) is 5.75 Å². The predicted octanol–water partition coefficient (Wildman–Crippen LogP) is 1.33. The molecule has 1 heterocycles. The van der Waals surface area contributed by atoms with E-state index in [1.54, 1.807) is 18.2 Å². The summed E-state index contributed by atoms with van der Waals surface area (Å²) in [6.07, 6.45) is 3.22. The second-order valence-corrected chi connectivity index (χ2v) is 5.66. The lowest BCUT2D eigenvalue weighted by Gasteiger charge is -2.29. The molecule has 0 fully saturated rings. The number of fused-ring (bicyclic) bond motifs is 1. The first-order valence-corrected chi connectivity index (χ1v) is 6.78. The fraction of sp³-hybridized carbons (Fsp3) is 0.111. The van der Waals surface area contributed by atoms with Crippen LogP contribution < -0.4 is 4.31 Å². The van der Waals surface area contributed by atoms with Crippen molar-refractivity contribution >= 4 is 38.6 Å². The Morgan fingerprint density at radius 3 is 2.75 bits per heavy atom. The molecule has 1 N–H and O–H groups in total. The molecule has 1 aliphatic rings. The number of phenols is 1. The Hall–Kier alpha value is -0.800. The Kier molecular flexibility index (Phi) is 2.84. The highest BCUT2D eigenvalue weighted by Crippen LogP contribution is 2.39. The number of aromatic hydroxyl groups is 1. The maximum Gasteiger partial charge on any atom is 0.188 e. The smallest absolute Gasteiger partial charge is 0.188 e. The highest BCUT2D eigenvalue weighted by molar-refractivity contribution is 14.1. The topological polar surface area (TPSA) is 80.7 Å². The second-order valence-electron chi connectivity index (χ2n) is 3.25. The number of hydrogen-bond donors (Lipinski definition) is 1. The molecule has 0 saturated heterocycles. The van der Waals surface area contributed by atoms with Gasteiger partial charge in [0.25, 0.3) is 0 Å². The van der Waals surface area contributed by atoms with E-state index in [1.807, 2.05) is 22.6 Å². The number of allylic oxidation sites excluding steroid dienone is 1. The molecule has 0 bridgehead atoms. The molecule has 0 atom stereocenters. The SMILES string of the molecule is O=S(=O)([O-])N1C=CCc2ccc(I)c(O)c21. The molecule has 0 spiro atoms. The lowest BCUT2D eigenvalue weighted by Crippen LogP contribution is -2.27. The van der Waals surface area contributed by atoms with Crippen LogP contribution in [0.4, 0.5) is 5.69 Å². The fourth-order valence-electron chi connectivity index (χ4n) is 1.54. The van der Waals surface area contributed by atoms with E-state index < -0.39 is 10.3 Å². The van der Waals surface area contributed by atoms with Crippen molar-refractivity contribution in [1.29, 1.82) is 0 Å². The lowest BCUT2D eigenvalue weighted by molar-refractivity contribution is 0.455. The maximum atomic E-state index is 11.0. The number of phenolic OH excluding ortho intramolecular Hbond substituents is 1. The zero-order valence-electron chi connectivity index (χ0n) is 7.92. The van der Waals surface area contributed by atoms with Gasteiger partial charge >= 0.3 is 0 Å². The molecule has 86 valence electrons. The van der Waals surface area contributed by atoms with Crippen LogP contribution in [0.5, 0.6) is 5.75 Å². The molecular formula is C9H7INO4S-. The van der Waals surface area contributed by atoms with Gasteiger partial charge < -0.3 is 9.66 Å². The van der Waals surface area contributed by atoms with Gasteiger partial charge in [0.1, 0.15) is 5.69 Å². The molecule has 0 radical (unpaired) electrons. The average molecular weight is 352 g/mol. The Balaban J connectivity index is 2.70. The molecule has 0 aromatic heterocycles. The van der Waals surface area contributed by atoms with Crippen LogP contribution in [0.2, 0.25) is 0 Å². The number of rotatable bonds is 1. The minimum atomic E-state index is -4.65. The van der Waals surface area contributed by atoms with Gasteiger partial charge in [-0.2, -0.15) is 0 Å². The number of nitrogens with zero attached hydrogens (tertiary/aromatic N) is 1. The average Bonchev–Trinajstić information content (AvgIpc) is 2.21. The van der Waals surface area contributed by atoms with Crippen molar-refractivity contribution in [2.24, 2.45) is 0 Å². The Morgan fingerprint density at radius 2 is 2.12 bits per heavy atom. The van der Waals surface area contributed by atoms with Crippen molar-refractivity contribution in [1.82, 2.24) is 0 Å². The van der Waals surface area contributed by atoms with Crippen molar-refractivity contribution < 1.29 is 18.1 Å². The molecule has 7 heteroatoms. The largest absolute Gasteiger partial charge is 0.731 e. The van der Waals surface area contributed by atoms with Crippen LogP contribution in [0, 0.1) is 3.57 Å². The summed E-state index contributed by atoms with van der Waals surface area (Å²) in [6.45, 7) is 0. The quantitative estimate of drug-likeness (QED) is 0.611. The van der Waals surface area contributed by atoms with E-state index in [4.69, 9.17) is 0 Å². The van der Waals surface area contributed by atoms with E-state index in [0.717, 1.165) is 0 Å². The summed E-state index contributed by atoms with van der Waals surface area (Å²) in [5.41, 5.74) is 0.671. The molecule has 2 rings (SSSR count). The van der Waals surface area contributed by atoms with Gasteiger partial charge in [0.2, 0.25) is 0 Å². The fourth-order valence-corrected chi connectivity index (χ4v) is 2.64. The van der Waals surface area contributed by atoms with E-state index >= 15 is 0 Å². The molecule has 0 unspecified atom stereocenters. The van der Waals surface area contributed by atoms with Gasteiger partial charge in [-0.1, -0.05) is 12.1 Å². The summed E-state index contributed by atoms with van der Waals surface area (Å²) in [7, 11) is -4.65. The van der Waals surface area contributed by atoms with Crippen LogP contribution in [0.1, 0.15) is 5.56 Å². The molecule has 0 saturated carbocycles. The van der Waals surface area contributed by atoms with Crippen LogP contribution >= 0.6 is 22.6 Å². The van der Waals surface area contributed by atoms with Crippen LogP contribution in [-0.4, -0.2) is 18.1 Å². The van der Waals surface area contributed by atoms with E-state index in [1.165, 1.54) is 6.20 Å². The Labute approximate surface area is 106 Å². The van der Waals surface area contributed by atoms with Gasteiger partial charge in [-0.25, -0.2) is 8.42 Å². The van der Waals surface area contributed by atoms with E-state index in [0.29, 0.717) is 19.9 Å². The van der Waals surface area contributed by atoms with E-state index in [-0.39, 0.29) is 11.4 Å². The molecule has 5 nitrogen and oxygen atoms in total. The lowest BCUT2D eigenvalue weighted by atomic mass is 10.1. The van der Waals surface area contributed by atoms with Crippen LogP contribution in [0.3, 0.4) is 0 Å². The van der Waals surface area contributed by atoms with Gasteiger partial charge in [-0.05, 0) is 40.6 Å². The molecule has 0 amide bonds. The highest BCUT2D eigenvalue weighted by atomic mass is 127. The molecular weight excluding hydrogens is 345 g/mol. The maximum absolute atomic E-state index is 11.0. The van der Waals surface area contributed by atoms with Crippen molar-refractivity contribution in [2.45, 2.75) is 6.42 Å². The van der Waals surface area contributed by atoms with Crippen LogP contribution in [-0.2, 0) is 16.7 Å². The van der Waals surface area contributed by atoms with Crippen molar-refractivity contribution in [3.63, 3.8) is 0 Å². The first-order valence-electron chi connectivity index (χ1n) is 4.33. The van der Waals surface area contributed by atoms with E-state index in [2.05, 4.69) is 0 Å². The van der Waals surface area contributed by atoms with Crippen molar-refractivity contribution in [3.05, 3.63) is 33.5 Å². The zero-order valence-corrected chi connectivity index (χ0v) is 10.9. The standard InChI is InChI=1S/C9H8INO4S/c10-7-4-3-6-2-1-5-11(16(13,14)15)8(6)9(7)12/h1,3-5,12H,2H2,(H,13,14,15)/p-1. The van der Waals surface area contributed by atoms with Gasteiger partial charge in [0, 0.05) is 6.20 Å². The first kappa shape index (κ1) is 11.7. The summed E-state index contributed by atoms with van der Waals surface area (Å²) >= 11 is 1.87. The minimum Gasteiger partial charge on any atom is -0.731 e. The predicted molar refractivity (Wildman–Crippen MR) is 65.8 cm³/mol. The van der Waals surface area contributed by atoms with Gasteiger partial charge in [0.05, 0.1) is 3.57 Å². The van der Waals surface area contributed by atoms with Crippen LogP contribution in [0.15, 0.2) is 24.4 Å². The third-order valence-corrected chi connectivity index (χ3v) is 3.88. The first-order chi connectivity index (χ1) is 7.41. The molecule has 1 aromatic rings. The van der Waals surface area contributed by atoms with Crippen LogP contribution in [0.25, 0.3) is 0 Å². The summed E-state index contributed by atoms with van der Waals surface area (Å²) in [5.74, 6) is -0.179. The Bertz CT molecular complexity index is 567. The van der Waals surface area contributed by atoms with Gasteiger partial charge in [-0.15, -0.1) is 0 Å². The summed E-state index contributed by atoms with van der Waals surface area (Å²) in [6, 6.07) is 3.36. The summed E-state index contributed by atoms with van der Waals surface area (Å²) in [5, 5.41) is 9.79. The number of halogens is 1. The zero-order chi connectivity index (χ0) is 11.9. The van der Waals surface area contributed by atoms with Gasteiger partial charge in [0.15, 0.2) is 16.1 Å². The normalized spacial score (nSPS) is 15.0. The number of benzene rings is 1. The molecule has 1 aromatic carbocycles. The molecule has 0 aliphatic carbocycles. The summed E-state index contributed by atoms with van der Waals surface area (Å²) in [4.78, 5) is 0. The Morgan fingerprint density at radius 1 is 1.44 bits per heavy atom. The second kappa shape index (κ2) is 3.90. The van der Waals surface area contributed by atoms with Crippen molar-refractivity contribution in [2.75, 3.05) is 4.31 Å². The van der Waals surface area contributed by atoms with Gasteiger partial charge in [-0.3, -0.25) is 4.31 Å².